The third-order valence-electron chi connectivity index (χ3n) is 0.945. The van der Waals surface area contributed by atoms with Gasteiger partial charge in [0.25, 0.3) is 0 Å². The van der Waals surface area contributed by atoms with Gasteiger partial charge in [-0.25, -0.2) is 9.80 Å². The molecule has 0 spiro atoms. The Morgan fingerprint density at radius 2 is 2.40 bits per heavy atom. The Hall–Kier alpha value is -1.06. The van der Waals surface area contributed by atoms with E-state index in [1.165, 1.54) is 5.01 Å². The van der Waals surface area contributed by atoms with Crippen LogP contribution in [-0.4, -0.2) is 23.8 Å². The van der Waals surface area contributed by atoms with Crippen LogP contribution < -0.4 is 5.73 Å². The molecule has 0 aromatic heterocycles. The summed E-state index contributed by atoms with van der Waals surface area (Å²) < 4.78 is 0. The van der Waals surface area contributed by atoms with Crippen molar-refractivity contribution in [1.82, 2.24) is 5.01 Å². The zero-order valence-electron chi connectivity index (χ0n) is 6.37. The number of urea groups is 1. The van der Waals surface area contributed by atoms with Crippen molar-refractivity contribution in [1.29, 1.82) is 0 Å². The number of hydrogen-bond donors (Lipinski definition) is 1. The van der Waals surface area contributed by atoms with Crippen molar-refractivity contribution in [3.8, 4) is 0 Å². The summed E-state index contributed by atoms with van der Waals surface area (Å²) in [7, 11) is 0. The topological polar surface area (TPSA) is 58.7 Å². The zero-order chi connectivity index (χ0) is 7.98. The van der Waals surface area contributed by atoms with Gasteiger partial charge < -0.3 is 5.73 Å². The fourth-order valence-corrected chi connectivity index (χ4v) is 0.576. The molecule has 4 nitrogen and oxygen atoms in total. The minimum absolute atomic E-state index is 0.500. The van der Waals surface area contributed by atoms with Crippen LogP contribution in [0.2, 0.25) is 0 Å². The highest BCUT2D eigenvalue weighted by atomic mass is 16.2. The fraction of sp³-hybridized carbons (Fsp3) is 0.667. The summed E-state index contributed by atoms with van der Waals surface area (Å²) in [5.74, 6) is 0. The maximum Gasteiger partial charge on any atom is 0.335 e. The molecule has 0 atom stereocenters. The lowest BCUT2D eigenvalue weighted by atomic mass is 10.5. The zero-order valence-corrected chi connectivity index (χ0v) is 6.37. The van der Waals surface area contributed by atoms with Crippen molar-refractivity contribution in [2.24, 2.45) is 10.8 Å². The number of rotatable bonds is 3. The van der Waals surface area contributed by atoms with Crippen LogP contribution in [0.25, 0.3) is 0 Å². The Kier molecular flexibility index (Phi) is 4.28. The summed E-state index contributed by atoms with van der Waals surface area (Å²) in [5.41, 5.74) is 4.98. The lowest BCUT2D eigenvalue weighted by Crippen LogP contribution is -2.31. The number of primary amides is 1. The summed E-state index contributed by atoms with van der Waals surface area (Å²) in [6.07, 6.45) is 2.40. The third-order valence-corrected chi connectivity index (χ3v) is 0.945. The first kappa shape index (κ1) is 8.94. The van der Waals surface area contributed by atoms with E-state index in [0.29, 0.717) is 6.54 Å². The van der Waals surface area contributed by atoms with Crippen LogP contribution in [0.3, 0.4) is 0 Å². The van der Waals surface area contributed by atoms with Crippen molar-refractivity contribution in [3.05, 3.63) is 0 Å². The van der Waals surface area contributed by atoms with Gasteiger partial charge in [0, 0.05) is 12.8 Å². The molecule has 0 aromatic rings. The highest BCUT2D eigenvalue weighted by molar-refractivity contribution is 5.72. The molecule has 0 bridgehead atoms. The summed E-state index contributed by atoms with van der Waals surface area (Å²) >= 11 is 0. The Morgan fingerprint density at radius 3 is 2.70 bits per heavy atom. The quantitative estimate of drug-likeness (QED) is 0.460. The molecule has 0 saturated carbocycles. The van der Waals surface area contributed by atoms with Gasteiger partial charge in [-0.2, -0.15) is 5.10 Å². The first-order chi connectivity index (χ1) is 4.72. The summed E-state index contributed by atoms with van der Waals surface area (Å²) in [5, 5.41) is 4.98. The molecule has 2 N–H and O–H groups in total. The smallest absolute Gasteiger partial charge is 0.335 e. The molecule has 0 aliphatic rings. The van der Waals surface area contributed by atoms with E-state index in [1.54, 1.807) is 13.1 Å². The second-order valence-electron chi connectivity index (χ2n) is 1.84. The molecule has 0 saturated heterocycles. The maximum atomic E-state index is 10.5. The predicted octanol–water partition coefficient (Wildman–Crippen LogP) is 0.783. The average molecular weight is 143 g/mol. The Bertz CT molecular complexity index is 133. The number of nitrogens with two attached hydrogens (primary N) is 1. The van der Waals surface area contributed by atoms with Crippen LogP contribution in [-0.2, 0) is 0 Å². The lowest BCUT2D eigenvalue weighted by Gasteiger charge is -2.11. The standard InChI is InChI=1S/C6H13N3O/c1-3-5-9(6(7)10)8-4-2/h4H,3,5H2,1-2H3,(H2,7,10)/b8-4+. The van der Waals surface area contributed by atoms with E-state index in [4.69, 9.17) is 5.73 Å². The number of carbonyl (C=O) groups is 1. The van der Waals surface area contributed by atoms with Gasteiger partial charge >= 0.3 is 6.03 Å². The molecule has 2 amide bonds. The molecule has 0 unspecified atom stereocenters. The van der Waals surface area contributed by atoms with E-state index in [2.05, 4.69) is 5.10 Å². The Labute approximate surface area is 60.7 Å². The fourth-order valence-electron chi connectivity index (χ4n) is 0.576. The number of hydrogen-bond acceptors (Lipinski definition) is 2. The van der Waals surface area contributed by atoms with E-state index in [9.17, 15) is 4.79 Å². The second kappa shape index (κ2) is 4.78. The Balaban J connectivity index is 3.85. The van der Waals surface area contributed by atoms with Gasteiger partial charge in [0.2, 0.25) is 0 Å². The van der Waals surface area contributed by atoms with Gasteiger partial charge in [-0.1, -0.05) is 6.92 Å². The average Bonchev–Trinajstić information content (AvgIpc) is 1.87. The van der Waals surface area contributed by atoms with Gasteiger partial charge in [-0.15, -0.1) is 0 Å². The molecule has 0 aliphatic carbocycles. The normalized spacial score (nSPS) is 10.2. The molecule has 0 aliphatic heterocycles. The maximum absolute atomic E-state index is 10.5. The van der Waals surface area contributed by atoms with Crippen LogP contribution in [0.15, 0.2) is 5.10 Å². The van der Waals surface area contributed by atoms with E-state index in [1.807, 2.05) is 6.92 Å². The van der Waals surface area contributed by atoms with Crippen molar-refractivity contribution in [3.63, 3.8) is 0 Å². The SMILES string of the molecule is C/C=N/N(CCC)C(N)=O. The molecule has 0 fully saturated rings. The first-order valence-electron chi connectivity index (χ1n) is 3.28. The monoisotopic (exact) mass is 143 g/mol. The van der Waals surface area contributed by atoms with Gasteiger partial charge in [-0.3, -0.25) is 0 Å². The molecule has 58 valence electrons. The summed E-state index contributed by atoms with van der Waals surface area (Å²) in [4.78, 5) is 10.5. The van der Waals surface area contributed by atoms with Gasteiger partial charge in [0.15, 0.2) is 0 Å². The van der Waals surface area contributed by atoms with Crippen LogP contribution in [0, 0.1) is 0 Å². The van der Waals surface area contributed by atoms with E-state index < -0.39 is 6.03 Å². The van der Waals surface area contributed by atoms with Gasteiger partial charge in [0.1, 0.15) is 0 Å². The molecular weight excluding hydrogens is 130 g/mol. The largest absolute Gasteiger partial charge is 0.350 e. The lowest BCUT2D eigenvalue weighted by molar-refractivity contribution is 0.210. The molecular formula is C6H13N3O. The molecule has 4 heteroatoms. The van der Waals surface area contributed by atoms with Crippen molar-refractivity contribution >= 4 is 12.2 Å². The number of carbonyl (C=O) groups excluding carboxylic acids is 1. The predicted molar refractivity (Wildman–Crippen MR) is 40.7 cm³/mol. The van der Waals surface area contributed by atoms with Gasteiger partial charge in [-0.05, 0) is 13.3 Å². The minimum atomic E-state index is -0.500. The van der Waals surface area contributed by atoms with Crippen molar-refractivity contribution < 1.29 is 4.79 Å². The summed E-state index contributed by atoms with van der Waals surface area (Å²) in [6, 6.07) is -0.500. The molecule has 0 heterocycles. The second-order valence-corrected chi connectivity index (χ2v) is 1.84. The van der Waals surface area contributed by atoms with Crippen LogP contribution >= 0.6 is 0 Å². The highest BCUT2D eigenvalue weighted by Gasteiger charge is 2.03. The van der Waals surface area contributed by atoms with Crippen LogP contribution in [0.5, 0.6) is 0 Å². The third kappa shape index (κ3) is 3.06. The summed E-state index contributed by atoms with van der Waals surface area (Å²) in [6.45, 7) is 4.28. The highest BCUT2D eigenvalue weighted by Crippen LogP contribution is 1.89. The Morgan fingerprint density at radius 1 is 1.80 bits per heavy atom. The molecule has 0 rings (SSSR count). The number of nitrogens with zero attached hydrogens (tertiary/aromatic N) is 2. The molecule has 10 heavy (non-hydrogen) atoms. The van der Waals surface area contributed by atoms with Crippen LogP contribution in [0.4, 0.5) is 4.79 Å². The van der Waals surface area contributed by atoms with Crippen molar-refractivity contribution in [2.45, 2.75) is 20.3 Å². The molecule has 0 radical (unpaired) electrons. The molecule has 0 aromatic carbocycles. The van der Waals surface area contributed by atoms with Crippen LogP contribution in [0.1, 0.15) is 20.3 Å². The number of hydrazone groups is 1. The van der Waals surface area contributed by atoms with E-state index >= 15 is 0 Å². The number of amides is 2. The van der Waals surface area contributed by atoms with Crippen molar-refractivity contribution in [2.75, 3.05) is 6.54 Å². The first-order valence-corrected chi connectivity index (χ1v) is 3.28. The minimum Gasteiger partial charge on any atom is -0.350 e. The van der Waals surface area contributed by atoms with E-state index in [0.717, 1.165) is 6.42 Å². The van der Waals surface area contributed by atoms with E-state index in [-0.39, 0.29) is 0 Å². The van der Waals surface area contributed by atoms with Gasteiger partial charge in [0.05, 0.1) is 0 Å².